The highest BCUT2D eigenvalue weighted by Gasteiger charge is 2.43. The van der Waals surface area contributed by atoms with Crippen molar-refractivity contribution in [3.8, 4) is 28.6 Å². The minimum atomic E-state index is -0.607. The molecule has 1 unspecified atom stereocenters. The number of ether oxygens (including phenoxy) is 3. The summed E-state index contributed by atoms with van der Waals surface area (Å²) >= 11 is 0. The molecule has 8 heteroatoms. The summed E-state index contributed by atoms with van der Waals surface area (Å²) in [5.41, 5.74) is 6.14. The number of aryl methyl sites for hydroxylation is 2. The SMILES string of the molecule is Cc1cc(C)cc(-c2[nH]nc(OCC(C)(C)C(=O)C3CC4CCN3CC4)c2[C@H](C)CNCCc2ccc3c(c2)OCO3)c1. The van der Waals surface area contributed by atoms with Crippen molar-refractivity contribution in [2.45, 2.75) is 72.3 Å². The van der Waals surface area contributed by atoms with Crippen LogP contribution in [0.25, 0.3) is 11.3 Å². The van der Waals surface area contributed by atoms with E-state index in [-0.39, 0.29) is 18.8 Å². The Hall–Kier alpha value is -3.36. The van der Waals surface area contributed by atoms with Crippen molar-refractivity contribution in [3.63, 3.8) is 0 Å². The van der Waals surface area contributed by atoms with Gasteiger partial charge < -0.3 is 19.5 Å². The Kier molecular flexibility index (Phi) is 8.51. The Balaban J connectivity index is 1.15. The molecule has 0 aliphatic carbocycles. The highest BCUT2D eigenvalue weighted by Crippen LogP contribution is 2.38. The van der Waals surface area contributed by atoms with Crippen molar-refractivity contribution in [2.24, 2.45) is 11.3 Å². The molecule has 5 heterocycles. The fraction of sp³-hybridized carbons (Fsp3) is 0.543. The van der Waals surface area contributed by atoms with E-state index in [1.807, 2.05) is 19.9 Å². The van der Waals surface area contributed by atoms with Gasteiger partial charge in [-0.2, -0.15) is 0 Å². The zero-order valence-electron chi connectivity index (χ0n) is 26.3. The number of piperidine rings is 3. The molecule has 3 aromatic rings. The summed E-state index contributed by atoms with van der Waals surface area (Å²) in [7, 11) is 0. The van der Waals surface area contributed by atoms with Crippen molar-refractivity contribution in [1.82, 2.24) is 20.4 Å². The Morgan fingerprint density at radius 3 is 2.58 bits per heavy atom. The maximum absolute atomic E-state index is 13.7. The van der Waals surface area contributed by atoms with Gasteiger partial charge in [-0.25, -0.2) is 0 Å². The maximum atomic E-state index is 13.7. The van der Waals surface area contributed by atoms with Gasteiger partial charge in [0.05, 0.1) is 17.2 Å². The maximum Gasteiger partial charge on any atom is 0.236 e. The van der Waals surface area contributed by atoms with E-state index in [0.717, 1.165) is 67.3 Å². The summed E-state index contributed by atoms with van der Waals surface area (Å²) in [6.45, 7) is 14.8. The second-order valence-electron chi connectivity index (χ2n) is 13.5. The number of aromatic nitrogens is 2. The number of H-pyrrole nitrogens is 1. The summed E-state index contributed by atoms with van der Waals surface area (Å²) in [6, 6.07) is 12.7. The Labute approximate surface area is 255 Å². The molecule has 2 N–H and O–H groups in total. The van der Waals surface area contributed by atoms with Crippen molar-refractivity contribution in [1.29, 1.82) is 0 Å². The predicted octanol–water partition coefficient (Wildman–Crippen LogP) is 5.82. The number of carbonyl (C=O) groups is 1. The van der Waals surface area contributed by atoms with E-state index in [2.05, 4.69) is 71.5 Å². The average molecular weight is 587 g/mol. The van der Waals surface area contributed by atoms with Crippen LogP contribution in [0, 0.1) is 25.2 Å². The van der Waals surface area contributed by atoms with Gasteiger partial charge >= 0.3 is 0 Å². The van der Waals surface area contributed by atoms with E-state index >= 15 is 0 Å². The number of hydrogen-bond acceptors (Lipinski definition) is 7. The molecule has 2 bridgehead atoms. The van der Waals surface area contributed by atoms with Crippen LogP contribution in [0.4, 0.5) is 0 Å². The number of hydrogen-bond donors (Lipinski definition) is 2. The smallest absolute Gasteiger partial charge is 0.236 e. The van der Waals surface area contributed by atoms with Crippen LogP contribution >= 0.6 is 0 Å². The van der Waals surface area contributed by atoms with Crippen LogP contribution in [0.1, 0.15) is 68.2 Å². The minimum absolute atomic E-state index is 0.0171. The molecule has 43 heavy (non-hydrogen) atoms. The zero-order chi connectivity index (χ0) is 30.1. The van der Waals surface area contributed by atoms with Gasteiger partial charge in [-0.1, -0.05) is 30.2 Å². The van der Waals surface area contributed by atoms with Crippen LogP contribution in [0.2, 0.25) is 0 Å². The quantitative estimate of drug-likeness (QED) is 0.259. The first-order valence-corrected chi connectivity index (χ1v) is 15.9. The molecule has 1 aromatic heterocycles. The third-order valence-corrected chi connectivity index (χ3v) is 9.44. The number of benzene rings is 2. The molecule has 4 aliphatic rings. The summed E-state index contributed by atoms with van der Waals surface area (Å²) in [6.07, 6.45) is 4.32. The number of fused-ring (bicyclic) bond motifs is 4. The third-order valence-electron chi connectivity index (χ3n) is 9.44. The van der Waals surface area contributed by atoms with Gasteiger partial charge in [-0.05, 0) is 109 Å². The van der Waals surface area contributed by atoms with Crippen molar-refractivity contribution in [3.05, 3.63) is 58.7 Å². The van der Waals surface area contributed by atoms with E-state index in [0.29, 0.717) is 24.2 Å². The first kappa shape index (κ1) is 29.7. The lowest BCUT2D eigenvalue weighted by molar-refractivity contribution is -0.138. The number of rotatable bonds is 12. The third kappa shape index (κ3) is 6.46. The summed E-state index contributed by atoms with van der Waals surface area (Å²) in [4.78, 5) is 16.1. The van der Waals surface area contributed by atoms with E-state index in [1.54, 1.807) is 0 Å². The normalized spacial score (nSPS) is 21.7. The minimum Gasteiger partial charge on any atom is -0.475 e. The van der Waals surface area contributed by atoms with Crippen molar-refractivity contribution < 1.29 is 19.0 Å². The number of Topliss-reactive ketones (excluding diaryl/α,β-unsaturated/α-hetero) is 1. The van der Waals surface area contributed by atoms with Gasteiger partial charge in [0.1, 0.15) is 6.61 Å². The number of aromatic amines is 1. The topological polar surface area (TPSA) is 88.7 Å². The summed E-state index contributed by atoms with van der Waals surface area (Å²) in [5.74, 6) is 3.32. The average Bonchev–Trinajstić information content (AvgIpc) is 3.65. The number of nitrogens with zero attached hydrogens (tertiary/aromatic N) is 2. The van der Waals surface area contributed by atoms with Crippen molar-refractivity contribution in [2.75, 3.05) is 39.6 Å². The molecule has 7 rings (SSSR count). The highest BCUT2D eigenvalue weighted by molar-refractivity contribution is 5.89. The van der Waals surface area contributed by atoms with Crippen LogP contribution in [0.15, 0.2) is 36.4 Å². The molecule has 4 aliphatic heterocycles. The van der Waals surface area contributed by atoms with Crippen LogP contribution in [-0.2, 0) is 11.2 Å². The van der Waals surface area contributed by atoms with Crippen LogP contribution in [0.3, 0.4) is 0 Å². The van der Waals surface area contributed by atoms with Crippen LogP contribution in [0.5, 0.6) is 17.4 Å². The molecule has 0 spiro atoms. The molecule has 3 saturated heterocycles. The van der Waals surface area contributed by atoms with Gasteiger partial charge in [0.2, 0.25) is 12.7 Å². The van der Waals surface area contributed by atoms with Crippen molar-refractivity contribution >= 4 is 5.78 Å². The fourth-order valence-electron chi connectivity index (χ4n) is 7.00. The monoisotopic (exact) mass is 586 g/mol. The standard InChI is InChI=1S/C35H46N4O4/c1-22-14-23(2)16-27(15-22)32-31(24(3)19-36-11-8-25-6-7-29-30(18-25)43-21-42-29)34(38-37-32)41-20-35(4,5)33(40)28-17-26-9-12-39(28)13-10-26/h6-7,14-16,18,24,26,28,36H,8-13,17,19-21H2,1-5H3,(H,37,38)/t24-,28?/m1/s1. The predicted molar refractivity (Wildman–Crippen MR) is 168 cm³/mol. The lowest BCUT2D eigenvalue weighted by Gasteiger charge is -2.46. The largest absolute Gasteiger partial charge is 0.475 e. The van der Waals surface area contributed by atoms with Crippen LogP contribution < -0.4 is 19.5 Å². The van der Waals surface area contributed by atoms with E-state index in [4.69, 9.17) is 14.2 Å². The molecule has 0 radical (unpaired) electrons. The second kappa shape index (κ2) is 12.3. The molecule has 0 amide bonds. The van der Waals surface area contributed by atoms with Gasteiger partial charge in [-0.15, -0.1) is 5.10 Å². The molecule has 0 saturated carbocycles. The lowest BCUT2D eigenvalue weighted by atomic mass is 9.75. The lowest BCUT2D eigenvalue weighted by Crippen LogP contribution is -2.56. The Morgan fingerprint density at radius 1 is 1.12 bits per heavy atom. The molecular formula is C35H46N4O4. The zero-order valence-corrected chi connectivity index (χ0v) is 26.3. The summed E-state index contributed by atoms with van der Waals surface area (Å²) in [5, 5.41) is 11.6. The number of nitrogens with one attached hydrogen (secondary N) is 2. The number of carbonyl (C=O) groups excluding carboxylic acids is 1. The van der Waals surface area contributed by atoms with Gasteiger partial charge in [0.15, 0.2) is 17.3 Å². The van der Waals surface area contributed by atoms with E-state index in [9.17, 15) is 4.79 Å². The van der Waals surface area contributed by atoms with Gasteiger partial charge in [0.25, 0.3) is 0 Å². The Morgan fingerprint density at radius 2 is 1.86 bits per heavy atom. The molecule has 8 nitrogen and oxygen atoms in total. The molecule has 3 fully saturated rings. The first-order chi connectivity index (χ1) is 20.7. The summed E-state index contributed by atoms with van der Waals surface area (Å²) < 4.78 is 17.4. The second-order valence-corrected chi connectivity index (χ2v) is 13.5. The highest BCUT2D eigenvalue weighted by atomic mass is 16.7. The van der Waals surface area contributed by atoms with Crippen LogP contribution in [-0.4, -0.2) is 66.5 Å². The number of ketones is 1. The first-order valence-electron chi connectivity index (χ1n) is 15.9. The fourth-order valence-corrected chi connectivity index (χ4v) is 7.00. The molecule has 230 valence electrons. The van der Waals surface area contributed by atoms with Gasteiger partial charge in [0, 0.05) is 23.6 Å². The molecule has 2 atom stereocenters. The molecular weight excluding hydrogens is 540 g/mol. The Bertz CT molecular complexity index is 1440. The molecule has 2 aromatic carbocycles. The van der Waals surface area contributed by atoms with Gasteiger partial charge in [-0.3, -0.25) is 14.8 Å². The van der Waals surface area contributed by atoms with E-state index < -0.39 is 5.41 Å². The van der Waals surface area contributed by atoms with E-state index in [1.165, 1.54) is 29.5 Å².